The SMILES string of the molecule is O=C1OC(CO)C2Cc3cc(-c4ccc(CNCc5cn[nH]n5)cc4)c(F)cc3N12. The molecule has 2 aromatic carbocycles. The molecule has 154 valence electrons. The third-order valence-corrected chi connectivity index (χ3v) is 5.61. The third-order valence-electron chi connectivity index (χ3n) is 5.61. The summed E-state index contributed by atoms with van der Waals surface area (Å²) in [6.45, 7) is 1.01. The number of halogens is 1. The number of nitrogens with zero attached hydrogens (tertiary/aromatic N) is 3. The van der Waals surface area contributed by atoms with E-state index in [4.69, 9.17) is 4.74 Å². The molecule has 0 radical (unpaired) electrons. The number of hydrogen-bond donors (Lipinski definition) is 3. The summed E-state index contributed by atoms with van der Waals surface area (Å²) >= 11 is 0. The van der Waals surface area contributed by atoms with Crippen LogP contribution in [0.1, 0.15) is 16.8 Å². The van der Waals surface area contributed by atoms with Crippen molar-refractivity contribution >= 4 is 11.8 Å². The molecule has 2 atom stereocenters. The van der Waals surface area contributed by atoms with Gasteiger partial charge in [0.15, 0.2) is 0 Å². The number of H-pyrrole nitrogens is 1. The molecule has 1 saturated heterocycles. The predicted octanol–water partition coefficient (Wildman–Crippen LogP) is 2.14. The first-order chi connectivity index (χ1) is 14.6. The summed E-state index contributed by atoms with van der Waals surface area (Å²) in [5, 5.41) is 23.1. The van der Waals surface area contributed by atoms with Crippen molar-refractivity contribution in [1.29, 1.82) is 0 Å². The lowest BCUT2D eigenvalue weighted by atomic mass is 9.98. The van der Waals surface area contributed by atoms with Crippen molar-refractivity contribution in [3.05, 3.63) is 65.2 Å². The van der Waals surface area contributed by atoms with Gasteiger partial charge in [0.2, 0.25) is 0 Å². The van der Waals surface area contributed by atoms with Crippen LogP contribution < -0.4 is 10.2 Å². The van der Waals surface area contributed by atoms with E-state index >= 15 is 0 Å². The largest absolute Gasteiger partial charge is 0.441 e. The number of fused-ring (bicyclic) bond motifs is 3. The van der Waals surface area contributed by atoms with E-state index in [1.54, 1.807) is 12.3 Å². The fourth-order valence-electron chi connectivity index (χ4n) is 4.11. The van der Waals surface area contributed by atoms with Crippen LogP contribution in [-0.2, 0) is 24.2 Å². The Labute approximate surface area is 171 Å². The van der Waals surface area contributed by atoms with E-state index in [0.29, 0.717) is 30.8 Å². The third kappa shape index (κ3) is 3.21. The van der Waals surface area contributed by atoms with Gasteiger partial charge in [-0.3, -0.25) is 4.90 Å². The molecule has 2 unspecified atom stereocenters. The summed E-state index contributed by atoms with van der Waals surface area (Å²) in [4.78, 5) is 13.6. The fraction of sp³-hybridized carbons (Fsp3) is 0.286. The molecule has 0 aliphatic carbocycles. The van der Waals surface area contributed by atoms with Crippen molar-refractivity contribution in [3.63, 3.8) is 0 Å². The molecule has 0 spiro atoms. The van der Waals surface area contributed by atoms with Gasteiger partial charge in [-0.1, -0.05) is 24.3 Å². The lowest BCUT2D eigenvalue weighted by molar-refractivity contribution is 0.0830. The molecule has 9 heteroatoms. The van der Waals surface area contributed by atoms with Gasteiger partial charge < -0.3 is 15.2 Å². The normalized spacial score (nSPS) is 19.7. The van der Waals surface area contributed by atoms with Crippen LogP contribution in [0.5, 0.6) is 0 Å². The Balaban J connectivity index is 1.33. The highest BCUT2D eigenvalue weighted by molar-refractivity contribution is 5.94. The Morgan fingerprint density at radius 3 is 2.83 bits per heavy atom. The first-order valence-corrected chi connectivity index (χ1v) is 9.72. The van der Waals surface area contributed by atoms with Crippen molar-refractivity contribution in [1.82, 2.24) is 20.7 Å². The minimum absolute atomic E-state index is 0.248. The summed E-state index contributed by atoms with van der Waals surface area (Å²) in [5.74, 6) is -0.397. The first-order valence-electron chi connectivity index (χ1n) is 9.72. The molecule has 3 heterocycles. The monoisotopic (exact) mass is 409 g/mol. The zero-order valence-electron chi connectivity index (χ0n) is 16.0. The second kappa shape index (κ2) is 7.51. The van der Waals surface area contributed by atoms with Crippen LogP contribution in [0, 0.1) is 5.82 Å². The van der Waals surface area contributed by atoms with Gasteiger partial charge in [-0.05, 0) is 35.2 Å². The highest BCUT2D eigenvalue weighted by Crippen LogP contribution is 2.41. The Morgan fingerprint density at radius 1 is 1.27 bits per heavy atom. The molecule has 30 heavy (non-hydrogen) atoms. The van der Waals surface area contributed by atoms with Gasteiger partial charge in [0.05, 0.1) is 30.2 Å². The van der Waals surface area contributed by atoms with E-state index in [2.05, 4.69) is 20.7 Å². The zero-order chi connectivity index (χ0) is 20.7. The number of carbonyl (C=O) groups is 1. The summed E-state index contributed by atoms with van der Waals surface area (Å²) in [5.41, 5.74) is 4.56. The lowest BCUT2D eigenvalue weighted by Gasteiger charge is -2.15. The molecule has 3 N–H and O–H groups in total. The van der Waals surface area contributed by atoms with E-state index in [9.17, 15) is 14.3 Å². The van der Waals surface area contributed by atoms with Gasteiger partial charge in [-0.2, -0.15) is 15.4 Å². The maximum absolute atomic E-state index is 14.9. The van der Waals surface area contributed by atoms with Gasteiger partial charge in [0.1, 0.15) is 11.9 Å². The molecule has 2 aliphatic rings. The van der Waals surface area contributed by atoms with Gasteiger partial charge in [-0.25, -0.2) is 9.18 Å². The van der Waals surface area contributed by atoms with Crippen molar-refractivity contribution in [2.75, 3.05) is 11.5 Å². The second-order valence-corrected chi connectivity index (χ2v) is 7.47. The van der Waals surface area contributed by atoms with E-state index in [0.717, 1.165) is 22.4 Å². The zero-order valence-corrected chi connectivity index (χ0v) is 16.0. The fourth-order valence-corrected chi connectivity index (χ4v) is 4.11. The number of aliphatic hydroxyl groups excluding tert-OH is 1. The average molecular weight is 409 g/mol. The van der Waals surface area contributed by atoms with E-state index in [1.165, 1.54) is 11.0 Å². The Bertz CT molecular complexity index is 1070. The summed E-state index contributed by atoms with van der Waals surface area (Å²) in [6, 6.07) is 10.6. The Morgan fingerprint density at radius 2 is 2.10 bits per heavy atom. The van der Waals surface area contributed by atoms with Crippen LogP contribution >= 0.6 is 0 Å². The highest BCUT2D eigenvalue weighted by atomic mass is 19.1. The standard InChI is InChI=1S/C21H20FN5O3/c22-17-7-18-14(6-19-20(11-28)30-21(29)27(18)19)5-16(17)13-3-1-12(2-4-13)8-23-9-15-10-24-26-25-15/h1-5,7,10,19-20,23,28H,6,8-9,11H2,(H,24,25,26). The summed E-state index contributed by atoms with van der Waals surface area (Å²) < 4.78 is 20.1. The molecule has 8 nitrogen and oxygen atoms in total. The molecule has 3 aromatic rings. The number of aliphatic hydroxyl groups is 1. The molecule has 1 fully saturated rings. The maximum atomic E-state index is 14.9. The Hall–Kier alpha value is -3.30. The molecule has 1 amide bonds. The number of nitrogens with one attached hydrogen (secondary N) is 2. The van der Waals surface area contributed by atoms with Crippen LogP contribution in [0.2, 0.25) is 0 Å². The van der Waals surface area contributed by atoms with Gasteiger partial charge >= 0.3 is 6.09 Å². The number of carbonyl (C=O) groups excluding carboxylic acids is 1. The van der Waals surface area contributed by atoms with E-state index in [1.807, 2.05) is 24.3 Å². The summed E-state index contributed by atoms with van der Waals surface area (Å²) in [7, 11) is 0. The van der Waals surface area contributed by atoms with E-state index in [-0.39, 0.29) is 12.6 Å². The molecule has 5 rings (SSSR count). The van der Waals surface area contributed by atoms with Gasteiger partial charge in [0, 0.05) is 18.7 Å². The number of aromatic amines is 1. The van der Waals surface area contributed by atoms with Crippen molar-refractivity contribution < 1.29 is 19.0 Å². The number of anilines is 1. The van der Waals surface area contributed by atoms with Crippen LogP contribution in [0.15, 0.2) is 42.6 Å². The van der Waals surface area contributed by atoms with Crippen molar-refractivity contribution in [3.8, 4) is 11.1 Å². The number of rotatable bonds is 6. The molecule has 1 aromatic heterocycles. The minimum Gasteiger partial charge on any atom is -0.441 e. The van der Waals surface area contributed by atoms with Crippen LogP contribution in [-0.4, -0.2) is 45.4 Å². The van der Waals surface area contributed by atoms with Crippen LogP contribution in [0.4, 0.5) is 14.9 Å². The highest BCUT2D eigenvalue weighted by Gasteiger charge is 2.47. The van der Waals surface area contributed by atoms with Crippen LogP contribution in [0.3, 0.4) is 0 Å². The predicted molar refractivity (Wildman–Crippen MR) is 106 cm³/mol. The second-order valence-electron chi connectivity index (χ2n) is 7.47. The topological polar surface area (TPSA) is 103 Å². The molecular formula is C21H20FN5O3. The number of aromatic nitrogens is 3. The number of benzene rings is 2. The van der Waals surface area contributed by atoms with E-state index < -0.39 is 18.0 Å². The molecule has 2 aliphatic heterocycles. The summed E-state index contributed by atoms with van der Waals surface area (Å²) in [6.07, 6.45) is 1.08. The number of ether oxygens (including phenoxy) is 1. The lowest BCUT2D eigenvalue weighted by Crippen LogP contribution is -2.34. The molecule has 0 bridgehead atoms. The number of amides is 1. The molecule has 0 saturated carbocycles. The maximum Gasteiger partial charge on any atom is 0.415 e. The molecular weight excluding hydrogens is 389 g/mol. The number of hydrogen-bond acceptors (Lipinski definition) is 6. The minimum atomic E-state index is -0.583. The number of cyclic esters (lactones) is 1. The van der Waals surface area contributed by atoms with Gasteiger partial charge in [0.25, 0.3) is 0 Å². The van der Waals surface area contributed by atoms with Crippen LogP contribution in [0.25, 0.3) is 11.1 Å². The van der Waals surface area contributed by atoms with Crippen molar-refractivity contribution in [2.45, 2.75) is 31.7 Å². The Kier molecular flexibility index (Phi) is 4.68. The quantitative estimate of drug-likeness (QED) is 0.576. The van der Waals surface area contributed by atoms with Gasteiger partial charge in [-0.15, -0.1) is 0 Å². The average Bonchev–Trinajstić information content (AvgIpc) is 3.46. The smallest absolute Gasteiger partial charge is 0.415 e. The first kappa shape index (κ1) is 18.7. The van der Waals surface area contributed by atoms with Crippen molar-refractivity contribution in [2.24, 2.45) is 0 Å².